The van der Waals surface area contributed by atoms with Crippen molar-refractivity contribution in [3.63, 3.8) is 0 Å². The summed E-state index contributed by atoms with van der Waals surface area (Å²) in [5, 5.41) is 0. The number of allylic oxidation sites excluding steroid dienone is 4. The third-order valence-electron chi connectivity index (χ3n) is 3.10. The van der Waals surface area contributed by atoms with Crippen molar-refractivity contribution in [3.8, 4) is 0 Å². The molecule has 0 aromatic heterocycles. The fourth-order valence-corrected chi connectivity index (χ4v) is 1.86. The van der Waals surface area contributed by atoms with Gasteiger partial charge in [-0.15, -0.1) is 0 Å². The smallest absolute Gasteiger partial charge is 0.306 e. The van der Waals surface area contributed by atoms with Gasteiger partial charge in [0.2, 0.25) is 0 Å². The predicted octanol–water partition coefficient (Wildman–Crippen LogP) is 3.49. The van der Waals surface area contributed by atoms with Crippen LogP contribution in [0, 0.1) is 10.8 Å². The maximum Gasteiger partial charge on any atom is 0.306 e. The average molecular weight is 222 g/mol. The van der Waals surface area contributed by atoms with E-state index in [1.165, 1.54) is 12.7 Å². The number of ether oxygens (including phenoxy) is 1. The van der Waals surface area contributed by atoms with Gasteiger partial charge >= 0.3 is 5.97 Å². The summed E-state index contributed by atoms with van der Waals surface area (Å²) in [6, 6.07) is 0. The Morgan fingerprint density at radius 3 is 2.50 bits per heavy atom. The van der Waals surface area contributed by atoms with Crippen molar-refractivity contribution in [1.82, 2.24) is 0 Å². The van der Waals surface area contributed by atoms with Gasteiger partial charge in [-0.05, 0) is 22.8 Å². The van der Waals surface area contributed by atoms with E-state index in [1.54, 1.807) is 0 Å². The van der Waals surface area contributed by atoms with Crippen molar-refractivity contribution in [2.24, 2.45) is 10.8 Å². The summed E-state index contributed by atoms with van der Waals surface area (Å²) in [5.41, 5.74) is 1.44. The molecular formula is C14H22O2. The molecule has 1 unspecified atom stereocenters. The molecular weight excluding hydrogens is 200 g/mol. The topological polar surface area (TPSA) is 26.3 Å². The second-order valence-corrected chi connectivity index (χ2v) is 5.85. The van der Waals surface area contributed by atoms with Gasteiger partial charge in [0.15, 0.2) is 0 Å². The molecule has 16 heavy (non-hydrogen) atoms. The number of rotatable bonds is 2. The highest BCUT2D eigenvalue weighted by Gasteiger charge is 2.28. The van der Waals surface area contributed by atoms with Crippen LogP contribution in [0.1, 0.15) is 40.5 Å². The number of esters is 1. The van der Waals surface area contributed by atoms with Crippen LogP contribution in [-0.2, 0) is 9.53 Å². The van der Waals surface area contributed by atoms with Gasteiger partial charge in [0.05, 0.1) is 13.5 Å². The van der Waals surface area contributed by atoms with Crippen molar-refractivity contribution in [1.29, 1.82) is 0 Å². The van der Waals surface area contributed by atoms with Crippen LogP contribution in [0.4, 0.5) is 0 Å². The highest BCUT2D eigenvalue weighted by atomic mass is 16.5. The Morgan fingerprint density at radius 1 is 1.50 bits per heavy atom. The number of carbonyl (C=O) groups is 1. The minimum absolute atomic E-state index is 0.0815. The first kappa shape index (κ1) is 13.0. The molecule has 0 saturated carbocycles. The average Bonchev–Trinajstić information content (AvgIpc) is 2.16. The van der Waals surface area contributed by atoms with E-state index in [0.717, 1.165) is 6.42 Å². The van der Waals surface area contributed by atoms with E-state index in [1.807, 2.05) is 0 Å². The van der Waals surface area contributed by atoms with Gasteiger partial charge in [-0.1, -0.05) is 45.9 Å². The summed E-state index contributed by atoms with van der Waals surface area (Å²) >= 11 is 0. The number of methoxy groups -OCH3 is 1. The van der Waals surface area contributed by atoms with Crippen LogP contribution in [0.2, 0.25) is 0 Å². The summed E-state index contributed by atoms with van der Waals surface area (Å²) in [6.07, 6.45) is 7.89. The van der Waals surface area contributed by atoms with E-state index in [2.05, 4.69) is 45.9 Å². The first-order valence-corrected chi connectivity index (χ1v) is 5.73. The second-order valence-electron chi connectivity index (χ2n) is 5.85. The van der Waals surface area contributed by atoms with Crippen LogP contribution in [0.5, 0.6) is 0 Å². The van der Waals surface area contributed by atoms with Gasteiger partial charge in [-0.25, -0.2) is 0 Å². The maximum atomic E-state index is 11.3. The molecule has 0 amide bonds. The lowest BCUT2D eigenvalue weighted by Crippen LogP contribution is -2.22. The third-order valence-corrected chi connectivity index (χ3v) is 3.10. The third kappa shape index (κ3) is 3.22. The van der Waals surface area contributed by atoms with Crippen molar-refractivity contribution in [3.05, 3.63) is 23.8 Å². The second kappa shape index (κ2) is 4.44. The Kier molecular flexibility index (Phi) is 3.61. The van der Waals surface area contributed by atoms with Crippen LogP contribution in [0.3, 0.4) is 0 Å². The monoisotopic (exact) mass is 222 g/mol. The highest BCUT2D eigenvalue weighted by molar-refractivity contribution is 5.70. The van der Waals surface area contributed by atoms with Crippen molar-refractivity contribution >= 4 is 5.97 Å². The molecule has 90 valence electrons. The predicted molar refractivity (Wildman–Crippen MR) is 66.0 cm³/mol. The summed E-state index contributed by atoms with van der Waals surface area (Å²) < 4.78 is 4.72. The largest absolute Gasteiger partial charge is 0.469 e. The van der Waals surface area contributed by atoms with Gasteiger partial charge < -0.3 is 4.74 Å². The van der Waals surface area contributed by atoms with Crippen LogP contribution < -0.4 is 0 Å². The van der Waals surface area contributed by atoms with Gasteiger partial charge in [0.25, 0.3) is 0 Å². The van der Waals surface area contributed by atoms with Crippen molar-refractivity contribution < 1.29 is 9.53 Å². The molecule has 1 aliphatic carbocycles. The summed E-state index contributed by atoms with van der Waals surface area (Å²) in [7, 11) is 1.44. The molecule has 2 nitrogen and oxygen atoms in total. The van der Waals surface area contributed by atoms with Crippen LogP contribution in [-0.4, -0.2) is 13.1 Å². The lowest BCUT2D eigenvalue weighted by atomic mass is 9.74. The Labute approximate surface area is 98.4 Å². The summed E-state index contributed by atoms with van der Waals surface area (Å²) in [4.78, 5) is 11.3. The minimum Gasteiger partial charge on any atom is -0.469 e. The molecule has 0 spiro atoms. The van der Waals surface area contributed by atoms with E-state index < -0.39 is 0 Å². The highest BCUT2D eigenvalue weighted by Crippen LogP contribution is 2.38. The minimum atomic E-state index is -0.139. The fourth-order valence-electron chi connectivity index (χ4n) is 1.86. The van der Waals surface area contributed by atoms with E-state index >= 15 is 0 Å². The van der Waals surface area contributed by atoms with Gasteiger partial charge in [0, 0.05) is 0 Å². The van der Waals surface area contributed by atoms with Crippen LogP contribution in [0.25, 0.3) is 0 Å². The van der Waals surface area contributed by atoms with E-state index in [-0.39, 0.29) is 16.8 Å². The molecule has 0 aliphatic heterocycles. The van der Waals surface area contributed by atoms with E-state index in [9.17, 15) is 4.79 Å². The Bertz CT molecular complexity index is 331. The maximum absolute atomic E-state index is 11.3. The molecule has 0 N–H and O–H groups in total. The molecule has 0 aromatic rings. The Morgan fingerprint density at radius 2 is 2.12 bits per heavy atom. The van der Waals surface area contributed by atoms with Gasteiger partial charge in [-0.3, -0.25) is 4.79 Å². The molecule has 0 bridgehead atoms. The molecule has 2 heteroatoms. The molecule has 0 fully saturated rings. The van der Waals surface area contributed by atoms with Gasteiger partial charge in [-0.2, -0.15) is 0 Å². The van der Waals surface area contributed by atoms with E-state index in [0.29, 0.717) is 6.42 Å². The number of hydrogen-bond acceptors (Lipinski definition) is 2. The quantitative estimate of drug-likeness (QED) is 0.668. The van der Waals surface area contributed by atoms with E-state index in [4.69, 9.17) is 4.74 Å². The zero-order valence-corrected chi connectivity index (χ0v) is 11.0. The normalized spacial score (nSPS) is 25.2. The fraction of sp³-hybridized carbons (Fsp3) is 0.643. The number of carbonyl (C=O) groups excluding carboxylic acids is 1. The molecule has 0 saturated heterocycles. The van der Waals surface area contributed by atoms with Crippen LogP contribution in [0.15, 0.2) is 23.8 Å². The lowest BCUT2D eigenvalue weighted by Gasteiger charge is -2.30. The molecule has 0 aromatic carbocycles. The first-order valence-electron chi connectivity index (χ1n) is 5.73. The first-order chi connectivity index (χ1) is 7.27. The van der Waals surface area contributed by atoms with Gasteiger partial charge in [0.1, 0.15) is 0 Å². The Hall–Kier alpha value is -1.05. The molecule has 1 rings (SSSR count). The summed E-state index contributed by atoms with van der Waals surface area (Å²) in [6.45, 7) is 8.70. The number of hydrogen-bond donors (Lipinski definition) is 0. The standard InChI is InChI=1S/C14H22O2/c1-13(2,3)11-6-8-14(4,9-7-11)10-12(15)16-5/h6-8H,9-10H2,1-5H3. The molecule has 0 radical (unpaired) electrons. The Balaban J connectivity index is 2.71. The summed E-state index contributed by atoms with van der Waals surface area (Å²) in [5.74, 6) is -0.139. The van der Waals surface area contributed by atoms with Crippen molar-refractivity contribution in [2.75, 3.05) is 7.11 Å². The van der Waals surface area contributed by atoms with Crippen molar-refractivity contribution in [2.45, 2.75) is 40.5 Å². The molecule has 1 atom stereocenters. The molecule has 1 aliphatic rings. The SMILES string of the molecule is COC(=O)CC1(C)C=CC(C(C)(C)C)=CC1. The van der Waals surface area contributed by atoms with Crippen LogP contribution >= 0.6 is 0 Å². The zero-order valence-electron chi connectivity index (χ0n) is 11.0. The lowest BCUT2D eigenvalue weighted by molar-refractivity contribution is -0.142. The zero-order chi connectivity index (χ0) is 12.4. The molecule has 0 heterocycles.